The van der Waals surface area contributed by atoms with Crippen molar-refractivity contribution in [2.24, 2.45) is 5.92 Å². The Morgan fingerprint density at radius 2 is 1.83 bits per heavy atom. The van der Waals surface area contributed by atoms with Crippen molar-refractivity contribution in [2.45, 2.75) is 33.2 Å². The highest BCUT2D eigenvalue weighted by atomic mass is 19.1. The molecule has 23 heavy (non-hydrogen) atoms. The number of aryl methyl sites for hydroxylation is 1. The molecular formula is C19H23FN2O. The molecule has 0 saturated heterocycles. The number of hydrogen-bond acceptors (Lipinski definition) is 2. The number of rotatable bonds is 5. The van der Waals surface area contributed by atoms with E-state index in [0.717, 1.165) is 11.1 Å². The van der Waals surface area contributed by atoms with E-state index < -0.39 is 0 Å². The predicted octanol–water partition coefficient (Wildman–Crippen LogP) is 3.71. The minimum atomic E-state index is -0.255. The minimum absolute atomic E-state index is 0.0335. The van der Waals surface area contributed by atoms with Crippen LogP contribution in [0.25, 0.3) is 0 Å². The topological polar surface area (TPSA) is 55.1 Å². The van der Waals surface area contributed by atoms with Crippen molar-refractivity contribution in [1.82, 2.24) is 5.32 Å². The van der Waals surface area contributed by atoms with Gasteiger partial charge in [0.25, 0.3) is 5.91 Å². The van der Waals surface area contributed by atoms with Crippen LogP contribution < -0.4 is 11.1 Å². The molecule has 2 aromatic carbocycles. The molecule has 4 heteroatoms. The summed E-state index contributed by atoms with van der Waals surface area (Å²) in [5.74, 6) is -0.129. The second-order valence-electron chi connectivity index (χ2n) is 6.23. The number of amides is 1. The van der Waals surface area contributed by atoms with Crippen LogP contribution in [0.1, 0.15) is 35.3 Å². The first-order chi connectivity index (χ1) is 10.9. The standard InChI is InChI=1S/C19H23FN2O/c1-12(2)18(10-14-5-7-15(20)8-6-14)22-19(23)17-11-16(21)9-4-13(17)3/h4-9,11-12,18H,10,21H2,1-3H3,(H,22,23). The van der Waals surface area contributed by atoms with Crippen LogP contribution in [0.3, 0.4) is 0 Å². The number of carbonyl (C=O) groups is 1. The number of anilines is 1. The molecule has 1 atom stereocenters. The Hall–Kier alpha value is -2.36. The van der Waals surface area contributed by atoms with Crippen LogP contribution in [0.15, 0.2) is 42.5 Å². The van der Waals surface area contributed by atoms with Crippen LogP contribution in [0, 0.1) is 18.7 Å². The van der Waals surface area contributed by atoms with E-state index >= 15 is 0 Å². The summed E-state index contributed by atoms with van der Waals surface area (Å²) >= 11 is 0. The predicted molar refractivity (Wildman–Crippen MR) is 91.8 cm³/mol. The van der Waals surface area contributed by atoms with Gasteiger partial charge in [-0.2, -0.15) is 0 Å². The zero-order valence-corrected chi connectivity index (χ0v) is 13.8. The van der Waals surface area contributed by atoms with Gasteiger partial charge < -0.3 is 11.1 Å². The van der Waals surface area contributed by atoms with Gasteiger partial charge in [0.2, 0.25) is 0 Å². The highest BCUT2D eigenvalue weighted by Crippen LogP contribution is 2.15. The van der Waals surface area contributed by atoms with E-state index in [9.17, 15) is 9.18 Å². The van der Waals surface area contributed by atoms with Gasteiger partial charge in [-0.25, -0.2) is 4.39 Å². The lowest BCUT2D eigenvalue weighted by Crippen LogP contribution is -2.40. The molecule has 0 bridgehead atoms. The number of nitrogens with two attached hydrogens (primary N) is 1. The van der Waals surface area contributed by atoms with Crippen molar-refractivity contribution < 1.29 is 9.18 Å². The monoisotopic (exact) mass is 314 g/mol. The number of nitrogen functional groups attached to an aromatic ring is 1. The fraction of sp³-hybridized carbons (Fsp3) is 0.316. The van der Waals surface area contributed by atoms with Crippen LogP contribution in [-0.2, 0) is 6.42 Å². The number of hydrogen-bond donors (Lipinski definition) is 2. The Balaban J connectivity index is 2.14. The molecule has 0 saturated carbocycles. The molecule has 2 rings (SSSR count). The second-order valence-corrected chi connectivity index (χ2v) is 6.23. The summed E-state index contributed by atoms with van der Waals surface area (Å²) < 4.78 is 13.0. The van der Waals surface area contributed by atoms with E-state index in [-0.39, 0.29) is 23.7 Å². The van der Waals surface area contributed by atoms with E-state index in [1.165, 1.54) is 12.1 Å². The Morgan fingerprint density at radius 3 is 2.43 bits per heavy atom. The molecular weight excluding hydrogens is 291 g/mol. The summed E-state index contributed by atoms with van der Waals surface area (Å²) in [4.78, 5) is 12.6. The normalized spacial score (nSPS) is 12.2. The lowest BCUT2D eigenvalue weighted by molar-refractivity contribution is 0.0925. The summed E-state index contributed by atoms with van der Waals surface area (Å²) in [6, 6.07) is 11.7. The highest BCUT2D eigenvalue weighted by Gasteiger charge is 2.19. The lowest BCUT2D eigenvalue weighted by Gasteiger charge is -2.23. The quantitative estimate of drug-likeness (QED) is 0.827. The Morgan fingerprint density at radius 1 is 1.17 bits per heavy atom. The first-order valence-electron chi connectivity index (χ1n) is 7.78. The van der Waals surface area contributed by atoms with Gasteiger partial charge in [-0.15, -0.1) is 0 Å². The second kappa shape index (κ2) is 7.27. The molecule has 1 amide bonds. The minimum Gasteiger partial charge on any atom is -0.399 e. The first-order valence-corrected chi connectivity index (χ1v) is 7.78. The highest BCUT2D eigenvalue weighted by molar-refractivity contribution is 5.96. The van der Waals surface area contributed by atoms with Gasteiger partial charge in [0.05, 0.1) is 0 Å². The molecule has 0 aliphatic heterocycles. The van der Waals surface area contributed by atoms with Crippen LogP contribution in [-0.4, -0.2) is 11.9 Å². The van der Waals surface area contributed by atoms with Crippen molar-refractivity contribution in [3.05, 3.63) is 65.0 Å². The molecule has 0 aromatic heterocycles. The molecule has 0 spiro atoms. The Labute approximate surface area is 136 Å². The van der Waals surface area contributed by atoms with E-state index in [1.54, 1.807) is 24.3 Å². The fourth-order valence-corrected chi connectivity index (χ4v) is 2.46. The van der Waals surface area contributed by atoms with Crippen LogP contribution in [0.2, 0.25) is 0 Å². The molecule has 3 N–H and O–H groups in total. The summed E-state index contributed by atoms with van der Waals surface area (Å²) in [5, 5.41) is 3.08. The molecule has 3 nitrogen and oxygen atoms in total. The lowest BCUT2D eigenvalue weighted by atomic mass is 9.95. The molecule has 0 heterocycles. The Bertz CT molecular complexity index is 680. The zero-order chi connectivity index (χ0) is 17.0. The van der Waals surface area contributed by atoms with Gasteiger partial charge in [-0.05, 0) is 54.7 Å². The average Bonchev–Trinajstić information content (AvgIpc) is 2.51. The summed E-state index contributed by atoms with van der Waals surface area (Å²) in [6.07, 6.45) is 0.658. The third-order valence-electron chi connectivity index (χ3n) is 4.00. The van der Waals surface area contributed by atoms with E-state index in [1.807, 2.05) is 13.0 Å². The molecule has 0 radical (unpaired) electrons. The SMILES string of the molecule is Cc1ccc(N)cc1C(=O)NC(Cc1ccc(F)cc1)C(C)C. The number of nitrogens with one attached hydrogen (secondary N) is 1. The number of carbonyl (C=O) groups excluding carboxylic acids is 1. The van der Waals surface area contributed by atoms with Gasteiger partial charge >= 0.3 is 0 Å². The van der Waals surface area contributed by atoms with Crippen molar-refractivity contribution >= 4 is 11.6 Å². The maximum atomic E-state index is 13.0. The van der Waals surface area contributed by atoms with E-state index in [4.69, 9.17) is 5.73 Å². The molecule has 1 unspecified atom stereocenters. The maximum Gasteiger partial charge on any atom is 0.251 e. The van der Waals surface area contributed by atoms with Crippen LogP contribution >= 0.6 is 0 Å². The van der Waals surface area contributed by atoms with Gasteiger partial charge in [0.1, 0.15) is 5.82 Å². The van der Waals surface area contributed by atoms with Crippen LogP contribution in [0.4, 0.5) is 10.1 Å². The first kappa shape index (κ1) is 17.0. The fourth-order valence-electron chi connectivity index (χ4n) is 2.46. The molecule has 122 valence electrons. The number of halogens is 1. The van der Waals surface area contributed by atoms with E-state index in [0.29, 0.717) is 17.7 Å². The van der Waals surface area contributed by atoms with Gasteiger partial charge in [0, 0.05) is 17.3 Å². The van der Waals surface area contributed by atoms with Gasteiger partial charge in [-0.1, -0.05) is 32.0 Å². The number of benzene rings is 2. The van der Waals surface area contributed by atoms with Gasteiger partial charge in [-0.3, -0.25) is 4.79 Å². The summed E-state index contributed by atoms with van der Waals surface area (Å²) in [5.41, 5.74) is 8.83. The molecule has 0 fully saturated rings. The molecule has 0 aliphatic carbocycles. The van der Waals surface area contributed by atoms with Crippen molar-refractivity contribution in [1.29, 1.82) is 0 Å². The third kappa shape index (κ3) is 4.55. The third-order valence-corrected chi connectivity index (χ3v) is 4.00. The zero-order valence-electron chi connectivity index (χ0n) is 13.8. The van der Waals surface area contributed by atoms with Crippen LogP contribution in [0.5, 0.6) is 0 Å². The van der Waals surface area contributed by atoms with Gasteiger partial charge in [0.15, 0.2) is 0 Å². The molecule has 0 aliphatic rings. The van der Waals surface area contributed by atoms with E-state index in [2.05, 4.69) is 19.2 Å². The summed E-state index contributed by atoms with van der Waals surface area (Å²) in [6.45, 7) is 6.00. The maximum absolute atomic E-state index is 13.0. The molecule has 2 aromatic rings. The summed E-state index contributed by atoms with van der Waals surface area (Å²) in [7, 11) is 0. The largest absolute Gasteiger partial charge is 0.399 e. The Kier molecular flexibility index (Phi) is 5.37. The van der Waals surface area contributed by atoms with Crippen molar-refractivity contribution in [2.75, 3.05) is 5.73 Å². The van der Waals surface area contributed by atoms with Crippen molar-refractivity contribution in [3.8, 4) is 0 Å². The smallest absolute Gasteiger partial charge is 0.251 e. The average molecular weight is 314 g/mol. The van der Waals surface area contributed by atoms with Crippen molar-refractivity contribution in [3.63, 3.8) is 0 Å².